The molecule has 0 amide bonds. The molecule has 11 heavy (non-hydrogen) atoms. The molecule has 1 aromatic carbocycles. The van der Waals surface area contributed by atoms with E-state index in [2.05, 4.69) is 0 Å². The third kappa shape index (κ3) is 1.41. The van der Waals surface area contributed by atoms with E-state index in [1.165, 1.54) is 6.07 Å². The number of benzene rings is 1. The molecule has 4 heteroatoms. The number of halogens is 2. The van der Waals surface area contributed by atoms with Crippen molar-refractivity contribution in [3.05, 3.63) is 28.5 Å². The van der Waals surface area contributed by atoms with E-state index in [-0.39, 0.29) is 16.3 Å². The van der Waals surface area contributed by atoms with Crippen LogP contribution in [0, 0.1) is 17.1 Å². The van der Waals surface area contributed by atoms with Gasteiger partial charge in [-0.15, -0.1) is 0 Å². The Morgan fingerprint density at radius 2 is 2.18 bits per heavy atom. The number of hydrogen-bond acceptors (Lipinski definition) is 2. The molecule has 0 aliphatic heterocycles. The number of nitrogens with two attached hydrogens (primary N) is 1. The van der Waals surface area contributed by atoms with Crippen molar-refractivity contribution < 1.29 is 4.39 Å². The molecule has 0 aliphatic carbocycles. The Hall–Kier alpha value is -1.27. The number of anilines is 1. The molecule has 1 aromatic rings. The summed E-state index contributed by atoms with van der Waals surface area (Å²) in [5.74, 6) is -0.608. The van der Waals surface area contributed by atoms with Crippen molar-refractivity contribution in [1.82, 2.24) is 0 Å². The third-order valence-electron chi connectivity index (χ3n) is 1.21. The second-order valence-electron chi connectivity index (χ2n) is 1.97. The minimum atomic E-state index is -0.608. The molecule has 0 heterocycles. The van der Waals surface area contributed by atoms with Crippen molar-refractivity contribution in [2.24, 2.45) is 0 Å². The van der Waals surface area contributed by atoms with Crippen molar-refractivity contribution >= 4 is 17.3 Å². The third-order valence-corrected chi connectivity index (χ3v) is 1.50. The topological polar surface area (TPSA) is 49.8 Å². The van der Waals surface area contributed by atoms with Crippen LogP contribution in [0.2, 0.25) is 5.02 Å². The summed E-state index contributed by atoms with van der Waals surface area (Å²) in [6, 6.07) is 4.02. The van der Waals surface area contributed by atoms with Crippen LogP contribution in [0.1, 0.15) is 5.56 Å². The van der Waals surface area contributed by atoms with Gasteiger partial charge in [-0.25, -0.2) is 4.39 Å². The molecule has 0 saturated heterocycles. The molecule has 0 fully saturated rings. The highest BCUT2D eigenvalue weighted by Gasteiger charge is 2.04. The molecule has 2 nitrogen and oxygen atoms in total. The van der Waals surface area contributed by atoms with Crippen LogP contribution in [0.4, 0.5) is 10.1 Å². The summed E-state index contributed by atoms with van der Waals surface area (Å²) < 4.78 is 12.6. The number of nitriles is 1. The lowest BCUT2D eigenvalue weighted by atomic mass is 10.2. The van der Waals surface area contributed by atoms with Gasteiger partial charge in [-0.05, 0) is 12.1 Å². The van der Waals surface area contributed by atoms with E-state index in [4.69, 9.17) is 22.6 Å². The molecule has 0 aromatic heterocycles. The average Bonchev–Trinajstić information content (AvgIpc) is 1.97. The van der Waals surface area contributed by atoms with Gasteiger partial charge in [0, 0.05) is 0 Å². The summed E-state index contributed by atoms with van der Waals surface area (Å²) in [6.07, 6.45) is 0. The maximum atomic E-state index is 12.6. The summed E-state index contributed by atoms with van der Waals surface area (Å²) in [5, 5.41) is 8.34. The quantitative estimate of drug-likeness (QED) is 0.605. The fraction of sp³-hybridized carbons (Fsp3) is 0. The molecule has 0 radical (unpaired) electrons. The highest BCUT2D eigenvalue weighted by atomic mass is 35.5. The SMILES string of the molecule is N#Cc1cc(Cl)c(F)cc1N. The molecule has 0 bridgehead atoms. The average molecular weight is 171 g/mol. The zero-order chi connectivity index (χ0) is 8.43. The van der Waals surface area contributed by atoms with Crippen molar-refractivity contribution in [3.8, 4) is 6.07 Å². The van der Waals surface area contributed by atoms with Gasteiger partial charge in [0.25, 0.3) is 0 Å². The summed E-state index contributed by atoms with van der Waals surface area (Å²) >= 11 is 5.38. The predicted octanol–water partition coefficient (Wildman–Crippen LogP) is 1.93. The first-order valence-electron chi connectivity index (χ1n) is 2.79. The van der Waals surface area contributed by atoms with E-state index in [0.29, 0.717) is 0 Å². The summed E-state index contributed by atoms with van der Waals surface area (Å²) in [4.78, 5) is 0. The monoisotopic (exact) mass is 170 g/mol. The van der Waals surface area contributed by atoms with Crippen LogP contribution in [0.5, 0.6) is 0 Å². The Morgan fingerprint density at radius 3 is 2.73 bits per heavy atom. The smallest absolute Gasteiger partial charge is 0.143 e. The first-order valence-corrected chi connectivity index (χ1v) is 3.17. The van der Waals surface area contributed by atoms with Gasteiger partial charge in [0.1, 0.15) is 11.9 Å². The van der Waals surface area contributed by atoms with Gasteiger partial charge in [0.05, 0.1) is 16.3 Å². The molecule has 0 saturated carbocycles. The summed E-state index contributed by atoms with van der Waals surface area (Å²) in [5.41, 5.74) is 5.58. The number of nitrogens with zero attached hydrogens (tertiary/aromatic N) is 1. The first kappa shape index (κ1) is 7.83. The first-order chi connectivity index (χ1) is 5.15. The number of hydrogen-bond donors (Lipinski definition) is 1. The Morgan fingerprint density at radius 1 is 1.55 bits per heavy atom. The molecular weight excluding hydrogens is 167 g/mol. The van der Waals surface area contributed by atoms with Gasteiger partial charge in [-0.3, -0.25) is 0 Å². The Kier molecular flexibility index (Phi) is 1.97. The minimum absolute atomic E-state index is 0.0873. The lowest BCUT2D eigenvalue weighted by Crippen LogP contribution is -1.91. The van der Waals surface area contributed by atoms with Crippen molar-refractivity contribution in [3.63, 3.8) is 0 Å². The van der Waals surface area contributed by atoms with Crippen LogP contribution in [0.3, 0.4) is 0 Å². The molecule has 56 valence electrons. The van der Waals surface area contributed by atoms with E-state index in [1.54, 1.807) is 6.07 Å². The zero-order valence-electron chi connectivity index (χ0n) is 5.44. The minimum Gasteiger partial charge on any atom is -0.398 e. The fourth-order valence-corrected chi connectivity index (χ4v) is 0.823. The van der Waals surface area contributed by atoms with E-state index in [9.17, 15) is 4.39 Å². The van der Waals surface area contributed by atoms with Gasteiger partial charge in [0.2, 0.25) is 0 Å². The van der Waals surface area contributed by atoms with Gasteiger partial charge < -0.3 is 5.73 Å². The lowest BCUT2D eigenvalue weighted by molar-refractivity contribution is 0.629. The highest BCUT2D eigenvalue weighted by Crippen LogP contribution is 2.20. The fourth-order valence-electron chi connectivity index (χ4n) is 0.659. The second kappa shape index (κ2) is 2.77. The largest absolute Gasteiger partial charge is 0.398 e. The van der Waals surface area contributed by atoms with E-state index >= 15 is 0 Å². The molecular formula is C7H4ClFN2. The molecule has 0 aliphatic rings. The van der Waals surface area contributed by atoms with Gasteiger partial charge in [0.15, 0.2) is 0 Å². The van der Waals surface area contributed by atoms with Gasteiger partial charge in [-0.1, -0.05) is 11.6 Å². The van der Waals surface area contributed by atoms with Crippen molar-refractivity contribution in [2.75, 3.05) is 5.73 Å². The summed E-state index contributed by atoms with van der Waals surface area (Å²) in [6.45, 7) is 0. The molecule has 0 unspecified atom stereocenters. The molecule has 2 N–H and O–H groups in total. The Labute approximate surface area is 68.0 Å². The summed E-state index contributed by atoms with van der Waals surface area (Å²) in [7, 11) is 0. The van der Waals surface area contributed by atoms with E-state index in [1.807, 2.05) is 0 Å². The maximum absolute atomic E-state index is 12.6. The molecule has 0 atom stereocenters. The zero-order valence-corrected chi connectivity index (χ0v) is 6.19. The van der Waals surface area contributed by atoms with Gasteiger partial charge >= 0.3 is 0 Å². The second-order valence-corrected chi connectivity index (χ2v) is 2.37. The van der Waals surface area contributed by atoms with Crippen molar-refractivity contribution in [2.45, 2.75) is 0 Å². The number of nitrogen functional groups attached to an aromatic ring is 1. The Bertz CT molecular complexity index is 330. The maximum Gasteiger partial charge on any atom is 0.143 e. The van der Waals surface area contributed by atoms with Crippen LogP contribution in [0.25, 0.3) is 0 Å². The molecule has 1 rings (SSSR count). The number of rotatable bonds is 0. The predicted molar refractivity (Wildman–Crippen MR) is 40.5 cm³/mol. The molecule has 0 spiro atoms. The highest BCUT2D eigenvalue weighted by molar-refractivity contribution is 6.30. The van der Waals surface area contributed by atoms with Gasteiger partial charge in [-0.2, -0.15) is 5.26 Å². The van der Waals surface area contributed by atoms with E-state index in [0.717, 1.165) is 6.07 Å². The normalized spacial score (nSPS) is 9.18. The van der Waals surface area contributed by atoms with Crippen LogP contribution < -0.4 is 5.73 Å². The standard InChI is InChI=1S/C7H4ClFN2/c8-5-1-4(3-10)7(11)2-6(5)9/h1-2H,11H2. The Balaban J connectivity index is 3.35. The van der Waals surface area contributed by atoms with Crippen LogP contribution in [-0.2, 0) is 0 Å². The van der Waals surface area contributed by atoms with Crippen LogP contribution in [-0.4, -0.2) is 0 Å². The van der Waals surface area contributed by atoms with E-state index < -0.39 is 5.82 Å². The lowest BCUT2D eigenvalue weighted by Gasteiger charge is -1.97. The van der Waals surface area contributed by atoms with Crippen LogP contribution in [0.15, 0.2) is 12.1 Å². The van der Waals surface area contributed by atoms with Crippen molar-refractivity contribution in [1.29, 1.82) is 5.26 Å². The van der Waals surface area contributed by atoms with Crippen LogP contribution >= 0.6 is 11.6 Å².